The molecule has 0 radical (unpaired) electrons. The quantitative estimate of drug-likeness (QED) is 0.919. The fourth-order valence-corrected chi connectivity index (χ4v) is 2.41. The number of hydrogen-bond donors (Lipinski definition) is 1. The molecule has 0 bridgehead atoms. The number of nitrogens with zero attached hydrogens (tertiary/aromatic N) is 1. The molecule has 2 rings (SSSR count). The third kappa shape index (κ3) is 4.03. The zero-order valence-corrected chi connectivity index (χ0v) is 12.6. The summed E-state index contributed by atoms with van der Waals surface area (Å²) in [6.45, 7) is 2.66. The summed E-state index contributed by atoms with van der Waals surface area (Å²) in [4.78, 5) is 13.9. The fourth-order valence-electron chi connectivity index (χ4n) is 2.14. The molecular weight excluding hydrogens is 308 g/mol. The van der Waals surface area contributed by atoms with Crippen LogP contribution in [-0.4, -0.2) is 44.1 Å². The van der Waals surface area contributed by atoms with Crippen molar-refractivity contribution in [3.8, 4) is 0 Å². The topological polar surface area (TPSA) is 41.6 Å². The van der Waals surface area contributed by atoms with E-state index >= 15 is 0 Å². The standard InChI is InChI=1S/C14H19BrN2O2/c1-16-7-6-14(18)17-8-9-19-13(10-17)11-2-4-12(15)5-3-11/h2-5,13,16H,6-10H2,1H3. The minimum absolute atomic E-state index is 0.0135. The highest BCUT2D eigenvalue weighted by Gasteiger charge is 2.24. The predicted octanol–water partition coefficient (Wildman–Crippen LogP) is 1.96. The fraction of sp³-hybridized carbons (Fsp3) is 0.500. The van der Waals surface area contributed by atoms with E-state index in [-0.39, 0.29) is 12.0 Å². The van der Waals surface area contributed by atoms with Crippen molar-refractivity contribution >= 4 is 21.8 Å². The van der Waals surface area contributed by atoms with Crippen LogP contribution in [0.25, 0.3) is 0 Å². The molecule has 5 heteroatoms. The van der Waals surface area contributed by atoms with Crippen molar-refractivity contribution in [2.75, 3.05) is 33.3 Å². The number of carbonyl (C=O) groups excluding carboxylic acids is 1. The normalized spacial score (nSPS) is 19.5. The van der Waals surface area contributed by atoms with Crippen LogP contribution in [0.3, 0.4) is 0 Å². The number of morpholine rings is 1. The Morgan fingerprint density at radius 3 is 2.89 bits per heavy atom. The molecule has 0 aromatic heterocycles. The lowest BCUT2D eigenvalue weighted by Crippen LogP contribution is -2.42. The second-order valence-corrected chi connectivity index (χ2v) is 5.52. The smallest absolute Gasteiger partial charge is 0.224 e. The van der Waals surface area contributed by atoms with E-state index in [1.54, 1.807) is 0 Å². The van der Waals surface area contributed by atoms with Crippen LogP contribution in [0.5, 0.6) is 0 Å². The largest absolute Gasteiger partial charge is 0.370 e. The van der Waals surface area contributed by atoms with Gasteiger partial charge in [-0.1, -0.05) is 28.1 Å². The van der Waals surface area contributed by atoms with E-state index < -0.39 is 0 Å². The maximum absolute atomic E-state index is 12.0. The maximum atomic E-state index is 12.0. The summed E-state index contributed by atoms with van der Waals surface area (Å²) in [7, 11) is 1.86. The summed E-state index contributed by atoms with van der Waals surface area (Å²) >= 11 is 3.42. The lowest BCUT2D eigenvalue weighted by Gasteiger charge is -2.33. The summed E-state index contributed by atoms with van der Waals surface area (Å²) in [6, 6.07) is 8.08. The average molecular weight is 327 g/mol. The molecular formula is C14H19BrN2O2. The first-order valence-corrected chi connectivity index (χ1v) is 7.29. The number of amides is 1. The van der Waals surface area contributed by atoms with Gasteiger partial charge in [-0.05, 0) is 24.7 Å². The molecule has 1 saturated heterocycles. The van der Waals surface area contributed by atoms with Crippen LogP contribution in [0.2, 0.25) is 0 Å². The van der Waals surface area contributed by atoms with Crippen molar-refractivity contribution in [2.24, 2.45) is 0 Å². The number of hydrogen-bond acceptors (Lipinski definition) is 3. The molecule has 104 valence electrons. The molecule has 1 fully saturated rings. The minimum Gasteiger partial charge on any atom is -0.370 e. The molecule has 1 heterocycles. The second-order valence-electron chi connectivity index (χ2n) is 4.60. The van der Waals surface area contributed by atoms with E-state index in [0.29, 0.717) is 26.1 Å². The van der Waals surface area contributed by atoms with Gasteiger partial charge in [-0.25, -0.2) is 0 Å². The van der Waals surface area contributed by atoms with Crippen molar-refractivity contribution in [1.82, 2.24) is 10.2 Å². The number of carbonyl (C=O) groups is 1. The van der Waals surface area contributed by atoms with Gasteiger partial charge in [-0.15, -0.1) is 0 Å². The Balaban J connectivity index is 1.96. The average Bonchev–Trinajstić information content (AvgIpc) is 2.45. The van der Waals surface area contributed by atoms with Crippen LogP contribution in [-0.2, 0) is 9.53 Å². The molecule has 1 aromatic rings. The minimum atomic E-state index is -0.0135. The van der Waals surface area contributed by atoms with Crippen LogP contribution in [0.1, 0.15) is 18.1 Å². The zero-order chi connectivity index (χ0) is 13.7. The Kier molecular flexibility index (Phi) is 5.36. The Morgan fingerprint density at radius 2 is 2.21 bits per heavy atom. The van der Waals surface area contributed by atoms with Gasteiger partial charge in [0, 0.05) is 24.0 Å². The van der Waals surface area contributed by atoms with Crippen LogP contribution >= 0.6 is 15.9 Å². The maximum Gasteiger partial charge on any atom is 0.224 e. The van der Waals surface area contributed by atoms with Gasteiger partial charge in [-0.2, -0.15) is 0 Å². The Labute approximate surface area is 122 Å². The molecule has 1 aliphatic rings. The Bertz CT molecular complexity index is 422. The Hall–Kier alpha value is -0.910. The van der Waals surface area contributed by atoms with Crippen LogP contribution in [0.15, 0.2) is 28.7 Å². The molecule has 1 amide bonds. The second kappa shape index (κ2) is 7.03. The first kappa shape index (κ1) is 14.5. The number of nitrogens with one attached hydrogen (secondary N) is 1. The summed E-state index contributed by atoms with van der Waals surface area (Å²) in [5.74, 6) is 0.194. The summed E-state index contributed by atoms with van der Waals surface area (Å²) in [5.41, 5.74) is 1.12. The van der Waals surface area contributed by atoms with E-state index in [9.17, 15) is 4.79 Å². The molecule has 1 aliphatic heterocycles. The molecule has 1 unspecified atom stereocenters. The van der Waals surface area contributed by atoms with Gasteiger partial charge < -0.3 is 15.0 Å². The van der Waals surface area contributed by atoms with Crippen LogP contribution in [0.4, 0.5) is 0 Å². The molecule has 1 aromatic carbocycles. The highest BCUT2D eigenvalue weighted by molar-refractivity contribution is 9.10. The van der Waals surface area contributed by atoms with Gasteiger partial charge in [0.25, 0.3) is 0 Å². The molecule has 1 N–H and O–H groups in total. The third-order valence-electron chi connectivity index (χ3n) is 3.25. The van der Waals surface area contributed by atoms with Crippen molar-refractivity contribution in [3.05, 3.63) is 34.3 Å². The molecule has 19 heavy (non-hydrogen) atoms. The van der Waals surface area contributed by atoms with Crippen LogP contribution in [0, 0.1) is 0 Å². The molecule has 0 spiro atoms. The lowest BCUT2D eigenvalue weighted by atomic mass is 10.1. The molecule has 0 aliphatic carbocycles. The molecule has 4 nitrogen and oxygen atoms in total. The summed E-state index contributed by atoms with van der Waals surface area (Å²) in [5, 5.41) is 3.00. The predicted molar refractivity (Wildman–Crippen MR) is 78.0 cm³/mol. The first-order chi connectivity index (χ1) is 9.20. The number of halogens is 1. The number of benzene rings is 1. The van der Waals surface area contributed by atoms with E-state index in [2.05, 4.69) is 21.2 Å². The van der Waals surface area contributed by atoms with E-state index in [1.807, 2.05) is 36.2 Å². The lowest BCUT2D eigenvalue weighted by molar-refractivity contribution is -0.138. The van der Waals surface area contributed by atoms with Crippen molar-refractivity contribution in [2.45, 2.75) is 12.5 Å². The van der Waals surface area contributed by atoms with Gasteiger partial charge in [0.1, 0.15) is 6.10 Å². The highest BCUT2D eigenvalue weighted by atomic mass is 79.9. The molecule has 1 atom stereocenters. The van der Waals surface area contributed by atoms with Gasteiger partial charge in [0.2, 0.25) is 5.91 Å². The van der Waals surface area contributed by atoms with E-state index in [1.165, 1.54) is 0 Å². The van der Waals surface area contributed by atoms with E-state index in [4.69, 9.17) is 4.74 Å². The van der Waals surface area contributed by atoms with Gasteiger partial charge in [0.15, 0.2) is 0 Å². The molecule has 0 saturated carbocycles. The van der Waals surface area contributed by atoms with Gasteiger partial charge in [0.05, 0.1) is 13.2 Å². The van der Waals surface area contributed by atoms with Crippen molar-refractivity contribution in [1.29, 1.82) is 0 Å². The Morgan fingerprint density at radius 1 is 1.47 bits per heavy atom. The van der Waals surface area contributed by atoms with Crippen LogP contribution < -0.4 is 5.32 Å². The zero-order valence-electron chi connectivity index (χ0n) is 11.1. The van der Waals surface area contributed by atoms with Gasteiger partial charge in [-0.3, -0.25) is 4.79 Å². The first-order valence-electron chi connectivity index (χ1n) is 6.50. The third-order valence-corrected chi connectivity index (χ3v) is 3.78. The SMILES string of the molecule is CNCCC(=O)N1CCOC(c2ccc(Br)cc2)C1. The summed E-state index contributed by atoms with van der Waals surface area (Å²) in [6.07, 6.45) is 0.532. The van der Waals surface area contributed by atoms with Gasteiger partial charge >= 0.3 is 0 Å². The monoisotopic (exact) mass is 326 g/mol. The highest BCUT2D eigenvalue weighted by Crippen LogP contribution is 2.24. The summed E-state index contributed by atoms with van der Waals surface area (Å²) < 4.78 is 6.81. The number of rotatable bonds is 4. The van der Waals surface area contributed by atoms with Crippen molar-refractivity contribution < 1.29 is 9.53 Å². The number of ether oxygens (including phenoxy) is 1. The van der Waals surface area contributed by atoms with E-state index in [0.717, 1.165) is 16.6 Å². The van der Waals surface area contributed by atoms with Crippen molar-refractivity contribution in [3.63, 3.8) is 0 Å².